The Hall–Kier alpha value is -2.04. The maximum Gasteiger partial charge on any atom is 0.332 e. The third-order valence-corrected chi connectivity index (χ3v) is 4.56. The maximum absolute atomic E-state index is 12.0. The van der Waals surface area contributed by atoms with E-state index < -0.39 is 11.2 Å². The molecular weight excluding hydrogens is 312 g/mol. The first-order valence-corrected chi connectivity index (χ1v) is 7.28. The Bertz CT molecular complexity index is 843. The first kappa shape index (κ1) is 15.4. The Morgan fingerprint density at radius 3 is 2.52 bits per heavy atom. The van der Waals surface area contributed by atoms with Crippen LogP contribution in [-0.4, -0.2) is 9.13 Å². The number of thiophene rings is 1. The quantitative estimate of drug-likeness (QED) is 0.934. The van der Waals surface area contributed by atoms with Gasteiger partial charge in [-0.1, -0.05) is 11.6 Å². The van der Waals surface area contributed by atoms with Crippen LogP contribution in [0, 0.1) is 11.3 Å². The average Bonchev–Trinajstić information content (AvgIpc) is 2.89. The number of anilines is 1. The number of hydrogen-bond acceptors (Lipinski definition) is 5. The molecule has 0 radical (unpaired) electrons. The van der Waals surface area contributed by atoms with Gasteiger partial charge < -0.3 is 5.32 Å². The number of rotatable bonds is 3. The lowest BCUT2D eigenvalue weighted by Crippen LogP contribution is -2.40. The number of nitriles is 1. The van der Waals surface area contributed by atoms with Crippen LogP contribution in [-0.2, 0) is 14.1 Å². The van der Waals surface area contributed by atoms with Gasteiger partial charge in [-0.05, 0) is 19.1 Å². The highest BCUT2D eigenvalue weighted by molar-refractivity contribution is 7.16. The molecule has 0 spiro atoms. The summed E-state index contributed by atoms with van der Waals surface area (Å²) < 4.78 is 2.82. The molecule has 0 fully saturated rings. The molecule has 6 nitrogen and oxygen atoms in total. The van der Waals surface area contributed by atoms with Crippen molar-refractivity contribution in [2.45, 2.75) is 13.0 Å². The van der Waals surface area contributed by atoms with Crippen LogP contribution >= 0.6 is 22.9 Å². The van der Waals surface area contributed by atoms with Crippen LogP contribution in [0.2, 0.25) is 4.34 Å². The molecule has 1 N–H and O–H groups in total. The molecule has 0 aromatic carbocycles. The molecule has 1 atom stereocenters. The fourth-order valence-electron chi connectivity index (χ4n) is 1.95. The first-order chi connectivity index (χ1) is 9.86. The van der Waals surface area contributed by atoms with E-state index in [1.165, 1.54) is 30.0 Å². The Kier molecular flexibility index (Phi) is 4.21. The molecule has 21 heavy (non-hydrogen) atoms. The predicted molar refractivity (Wildman–Crippen MR) is 83.0 cm³/mol. The smallest absolute Gasteiger partial charge is 0.332 e. The van der Waals surface area contributed by atoms with Crippen LogP contribution in [0.5, 0.6) is 0 Å². The van der Waals surface area contributed by atoms with Gasteiger partial charge in [0.25, 0.3) is 5.56 Å². The van der Waals surface area contributed by atoms with Gasteiger partial charge in [0, 0.05) is 19.0 Å². The molecule has 110 valence electrons. The van der Waals surface area contributed by atoms with E-state index in [1.54, 1.807) is 6.07 Å². The highest BCUT2D eigenvalue weighted by Crippen LogP contribution is 2.28. The van der Waals surface area contributed by atoms with Gasteiger partial charge >= 0.3 is 5.69 Å². The van der Waals surface area contributed by atoms with Gasteiger partial charge in [-0.25, -0.2) is 4.79 Å². The number of nitrogens with zero attached hydrogens (tertiary/aromatic N) is 3. The topological polar surface area (TPSA) is 79.8 Å². The fraction of sp³-hybridized carbons (Fsp3) is 0.308. The van der Waals surface area contributed by atoms with Gasteiger partial charge in [-0.15, -0.1) is 11.3 Å². The second-order valence-corrected chi connectivity index (χ2v) is 6.30. The molecule has 0 amide bonds. The van der Waals surface area contributed by atoms with Gasteiger partial charge in [-0.3, -0.25) is 13.9 Å². The average molecular weight is 325 g/mol. The van der Waals surface area contributed by atoms with E-state index in [0.29, 0.717) is 4.34 Å². The van der Waals surface area contributed by atoms with E-state index in [1.807, 2.05) is 19.1 Å². The molecule has 0 aliphatic heterocycles. The van der Waals surface area contributed by atoms with Gasteiger partial charge in [-0.2, -0.15) is 5.26 Å². The van der Waals surface area contributed by atoms with Crippen LogP contribution in [0.4, 0.5) is 5.82 Å². The van der Waals surface area contributed by atoms with E-state index >= 15 is 0 Å². The highest BCUT2D eigenvalue weighted by Gasteiger charge is 2.18. The molecule has 0 saturated carbocycles. The van der Waals surface area contributed by atoms with Crippen molar-refractivity contribution < 1.29 is 0 Å². The Morgan fingerprint density at radius 1 is 1.33 bits per heavy atom. The summed E-state index contributed by atoms with van der Waals surface area (Å²) >= 11 is 7.29. The van der Waals surface area contributed by atoms with Crippen molar-refractivity contribution in [2.24, 2.45) is 14.1 Å². The lowest BCUT2D eigenvalue weighted by Gasteiger charge is -2.18. The molecule has 0 saturated heterocycles. The summed E-state index contributed by atoms with van der Waals surface area (Å²) in [5, 5.41) is 12.2. The van der Waals surface area contributed by atoms with Gasteiger partial charge in [0.2, 0.25) is 0 Å². The minimum atomic E-state index is -0.612. The summed E-state index contributed by atoms with van der Waals surface area (Å²) in [6.45, 7) is 1.87. The minimum Gasteiger partial charge on any atom is -0.363 e. The lowest BCUT2D eigenvalue weighted by atomic mass is 10.2. The molecule has 2 aromatic rings. The van der Waals surface area contributed by atoms with Gasteiger partial charge in [0.15, 0.2) is 5.56 Å². The normalized spacial score (nSPS) is 12.0. The molecule has 0 aliphatic carbocycles. The molecule has 0 bridgehead atoms. The number of aromatic nitrogens is 2. The van der Waals surface area contributed by atoms with Gasteiger partial charge in [0.05, 0.1) is 10.4 Å². The Morgan fingerprint density at radius 2 is 2.00 bits per heavy atom. The van der Waals surface area contributed by atoms with Crippen molar-refractivity contribution in [1.29, 1.82) is 5.26 Å². The van der Waals surface area contributed by atoms with E-state index in [2.05, 4.69) is 5.32 Å². The summed E-state index contributed by atoms with van der Waals surface area (Å²) in [5.74, 6) is 0.211. The molecule has 2 heterocycles. The number of halogens is 1. The molecule has 2 rings (SSSR count). The SMILES string of the molecule is CC(Nc1c(C#N)c(=O)n(C)c(=O)n1C)c1ccc(Cl)s1. The molecular formula is C13H13ClN4O2S. The summed E-state index contributed by atoms with van der Waals surface area (Å²) in [4.78, 5) is 24.9. The third kappa shape index (κ3) is 2.73. The van der Waals surface area contributed by atoms with Crippen LogP contribution < -0.4 is 16.6 Å². The third-order valence-electron chi connectivity index (χ3n) is 3.15. The van der Waals surface area contributed by atoms with Crippen molar-refractivity contribution in [3.8, 4) is 6.07 Å². The fourth-order valence-corrected chi connectivity index (χ4v) is 3.01. The largest absolute Gasteiger partial charge is 0.363 e. The van der Waals surface area contributed by atoms with E-state index in [9.17, 15) is 14.9 Å². The molecule has 8 heteroatoms. The van der Waals surface area contributed by atoms with Crippen molar-refractivity contribution in [3.63, 3.8) is 0 Å². The van der Waals surface area contributed by atoms with Crippen molar-refractivity contribution in [2.75, 3.05) is 5.32 Å². The zero-order valence-corrected chi connectivity index (χ0v) is 13.2. The zero-order valence-electron chi connectivity index (χ0n) is 11.7. The molecule has 2 aromatic heterocycles. The van der Waals surface area contributed by atoms with Crippen LogP contribution in [0.3, 0.4) is 0 Å². The lowest BCUT2D eigenvalue weighted by molar-refractivity contribution is 0.679. The van der Waals surface area contributed by atoms with Gasteiger partial charge in [0.1, 0.15) is 11.9 Å². The summed E-state index contributed by atoms with van der Waals surface area (Å²) in [5.41, 5.74) is -1.19. The zero-order chi connectivity index (χ0) is 15.7. The van der Waals surface area contributed by atoms with E-state index in [4.69, 9.17) is 11.6 Å². The van der Waals surface area contributed by atoms with E-state index in [0.717, 1.165) is 9.44 Å². The summed E-state index contributed by atoms with van der Waals surface area (Å²) in [7, 11) is 2.86. The van der Waals surface area contributed by atoms with Crippen LogP contribution in [0.25, 0.3) is 0 Å². The van der Waals surface area contributed by atoms with Crippen LogP contribution in [0.15, 0.2) is 21.7 Å². The maximum atomic E-state index is 12.0. The van der Waals surface area contributed by atoms with Crippen molar-refractivity contribution in [1.82, 2.24) is 9.13 Å². The standard InChI is InChI=1S/C13H13ClN4O2S/c1-7(9-4-5-10(14)21-9)16-11-8(6-15)12(19)18(3)13(20)17(11)2/h4-5,7,16H,1-3H3. The predicted octanol–water partition coefficient (Wildman–Crippen LogP) is 1.84. The summed E-state index contributed by atoms with van der Waals surface area (Å²) in [6, 6.07) is 5.30. The minimum absolute atomic E-state index is 0.0888. The first-order valence-electron chi connectivity index (χ1n) is 6.08. The highest BCUT2D eigenvalue weighted by atomic mass is 35.5. The van der Waals surface area contributed by atoms with Crippen molar-refractivity contribution in [3.05, 3.63) is 47.7 Å². The van der Waals surface area contributed by atoms with Crippen LogP contribution in [0.1, 0.15) is 23.4 Å². The molecule has 0 aliphatic rings. The van der Waals surface area contributed by atoms with E-state index in [-0.39, 0.29) is 17.4 Å². The second kappa shape index (κ2) is 5.76. The Balaban J connectivity index is 2.52. The Labute approximate surface area is 129 Å². The molecule has 1 unspecified atom stereocenters. The number of hydrogen-bond donors (Lipinski definition) is 1. The number of nitrogens with one attached hydrogen (secondary N) is 1. The summed E-state index contributed by atoms with van der Waals surface area (Å²) in [6.07, 6.45) is 0. The second-order valence-electron chi connectivity index (χ2n) is 4.55. The van der Waals surface area contributed by atoms with Crippen molar-refractivity contribution >= 4 is 28.8 Å². The monoisotopic (exact) mass is 324 g/mol.